The summed E-state index contributed by atoms with van der Waals surface area (Å²) in [5.41, 5.74) is 1.45. The van der Waals surface area contributed by atoms with Gasteiger partial charge in [0.2, 0.25) is 0 Å². The van der Waals surface area contributed by atoms with Crippen molar-refractivity contribution in [1.82, 2.24) is 0 Å². The van der Waals surface area contributed by atoms with Gasteiger partial charge in [0.25, 0.3) is 0 Å². The van der Waals surface area contributed by atoms with Crippen molar-refractivity contribution in [2.24, 2.45) is 5.92 Å². The van der Waals surface area contributed by atoms with Crippen molar-refractivity contribution in [1.29, 1.82) is 0 Å². The lowest BCUT2D eigenvalue weighted by Crippen LogP contribution is -2.33. The lowest BCUT2D eigenvalue weighted by Gasteiger charge is -2.28. The summed E-state index contributed by atoms with van der Waals surface area (Å²) in [6, 6.07) is 22.7. The Bertz CT molecular complexity index is 1020. The second kappa shape index (κ2) is 9.53. The van der Waals surface area contributed by atoms with Crippen LogP contribution in [0.5, 0.6) is 17.2 Å². The minimum Gasteiger partial charge on any atom is -0.457 e. The van der Waals surface area contributed by atoms with Gasteiger partial charge in [-0.3, -0.25) is 0 Å². The molecule has 32 heavy (non-hydrogen) atoms. The van der Waals surface area contributed by atoms with Crippen molar-refractivity contribution in [2.45, 2.75) is 31.9 Å². The quantitative estimate of drug-likeness (QED) is 0.430. The maximum Gasteiger partial charge on any atom is 0.573 e. The number of rotatable bonds is 9. The standard InChI is InChI=1S/C25H24F3NO3/c26-25(27,28)32-23-11-4-6-18(14-23)16-29(17-24(30)19-12-13-19)20-7-5-10-22(15-20)31-21-8-2-1-3-9-21/h1-11,14-15,19,24,30H,12-13,16-17H2. The lowest BCUT2D eigenvalue weighted by molar-refractivity contribution is -0.274. The SMILES string of the molecule is OC(CN(Cc1cccc(OC(F)(F)F)c1)c1cccc(Oc2ccccc2)c1)C1CC1. The van der Waals surface area contributed by atoms with E-state index < -0.39 is 12.5 Å². The van der Waals surface area contributed by atoms with Gasteiger partial charge in [0.05, 0.1) is 6.10 Å². The minimum atomic E-state index is -4.75. The zero-order valence-corrected chi connectivity index (χ0v) is 17.3. The van der Waals surface area contributed by atoms with Crippen LogP contribution in [0.3, 0.4) is 0 Å². The Hall–Kier alpha value is -3.19. The van der Waals surface area contributed by atoms with Crippen molar-refractivity contribution < 1.29 is 27.8 Å². The van der Waals surface area contributed by atoms with Gasteiger partial charge in [0.15, 0.2) is 0 Å². The zero-order chi connectivity index (χ0) is 22.6. The molecule has 0 heterocycles. The molecule has 0 radical (unpaired) electrons. The van der Waals surface area contributed by atoms with Crippen LogP contribution in [0.15, 0.2) is 78.9 Å². The molecule has 1 atom stereocenters. The van der Waals surface area contributed by atoms with Crippen molar-refractivity contribution in [3.05, 3.63) is 84.4 Å². The molecule has 1 saturated carbocycles. The first kappa shape index (κ1) is 22.0. The highest BCUT2D eigenvalue weighted by Crippen LogP contribution is 2.35. The van der Waals surface area contributed by atoms with Crippen LogP contribution in [-0.4, -0.2) is 24.1 Å². The van der Waals surface area contributed by atoms with Crippen LogP contribution in [-0.2, 0) is 6.54 Å². The van der Waals surface area contributed by atoms with Crippen LogP contribution in [0.25, 0.3) is 0 Å². The van der Waals surface area contributed by atoms with Gasteiger partial charge in [-0.25, -0.2) is 0 Å². The number of para-hydroxylation sites is 1. The molecule has 1 fully saturated rings. The summed E-state index contributed by atoms with van der Waals surface area (Å²) in [5.74, 6) is 1.33. The maximum atomic E-state index is 12.6. The highest BCUT2D eigenvalue weighted by atomic mass is 19.4. The Balaban J connectivity index is 1.56. The number of hydrogen-bond donors (Lipinski definition) is 1. The second-order valence-corrected chi connectivity index (χ2v) is 7.89. The number of halogens is 3. The smallest absolute Gasteiger partial charge is 0.457 e. The molecular formula is C25H24F3NO3. The number of anilines is 1. The molecule has 0 spiro atoms. The molecule has 3 aromatic rings. The number of benzene rings is 3. The molecular weight excluding hydrogens is 419 g/mol. The largest absolute Gasteiger partial charge is 0.573 e. The molecule has 4 nitrogen and oxygen atoms in total. The fraction of sp³-hybridized carbons (Fsp3) is 0.280. The van der Waals surface area contributed by atoms with E-state index in [-0.39, 0.29) is 11.7 Å². The van der Waals surface area contributed by atoms with Gasteiger partial charge in [-0.1, -0.05) is 36.4 Å². The Labute approximate surface area is 184 Å². The number of ether oxygens (including phenoxy) is 2. The van der Waals surface area contributed by atoms with Crippen LogP contribution in [0.2, 0.25) is 0 Å². The predicted octanol–water partition coefficient (Wildman–Crippen LogP) is 6.16. The first-order chi connectivity index (χ1) is 15.4. The van der Waals surface area contributed by atoms with Gasteiger partial charge < -0.3 is 19.5 Å². The Morgan fingerprint density at radius 1 is 0.875 bits per heavy atom. The molecule has 0 saturated heterocycles. The summed E-state index contributed by atoms with van der Waals surface area (Å²) >= 11 is 0. The fourth-order valence-electron chi connectivity index (χ4n) is 3.55. The first-order valence-corrected chi connectivity index (χ1v) is 10.5. The van der Waals surface area contributed by atoms with Crippen LogP contribution < -0.4 is 14.4 Å². The van der Waals surface area contributed by atoms with Crippen molar-refractivity contribution >= 4 is 5.69 Å². The molecule has 1 unspecified atom stereocenters. The first-order valence-electron chi connectivity index (χ1n) is 10.5. The topological polar surface area (TPSA) is 41.9 Å². The summed E-state index contributed by atoms with van der Waals surface area (Å²) in [6.07, 6.45) is -3.28. The van der Waals surface area contributed by atoms with Gasteiger partial charge in [0.1, 0.15) is 17.2 Å². The molecule has 1 N–H and O–H groups in total. The van der Waals surface area contributed by atoms with E-state index in [2.05, 4.69) is 4.74 Å². The molecule has 168 valence electrons. The van der Waals surface area contributed by atoms with Gasteiger partial charge in [-0.15, -0.1) is 13.2 Å². The molecule has 7 heteroatoms. The van der Waals surface area contributed by atoms with Crippen molar-refractivity contribution in [2.75, 3.05) is 11.4 Å². The van der Waals surface area contributed by atoms with Crippen molar-refractivity contribution in [3.8, 4) is 17.2 Å². The van der Waals surface area contributed by atoms with Gasteiger partial charge in [-0.2, -0.15) is 0 Å². The van der Waals surface area contributed by atoms with E-state index in [1.54, 1.807) is 6.07 Å². The molecule has 0 aromatic heterocycles. The van der Waals surface area contributed by atoms with E-state index in [1.165, 1.54) is 18.2 Å². The molecule has 0 bridgehead atoms. The fourth-order valence-corrected chi connectivity index (χ4v) is 3.55. The summed E-state index contributed by atoms with van der Waals surface area (Å²) in [7, 11) is 0. The summed E-state index contributed by atoms with van der Waals surface area (Å²) in [6.45, 7) is 0.678. The third kappa shape index (κ3) is 6.40. The van der Waals surface area contributed by atoms with Crippen LogP contribution in [0.4, 0.5) is 18.9 Å². The van der Waals surface area contributed by atoms with E-state index in [0.717, 1.165) is 18.5 Å². The summed E-state index contributed by atoms with van der Waals surface area (Å²) in [5, 5.41) is 10.6. The Kier molecular flexibility index (Phi) is 6.55. The van der Waals surface area contributed by atoms with Gasteiger partial charge in [-0.05, 0) is 60.7 Å². The maximum absolute atomic E-state index is 12.6. The summed E-state index contributed by atoms with van der Waals surface area (Å²) in [4.78, 5) is 1.95. The number of aliphatic hydroxyl groups is 1. The van der Waals surface area contributed by atoms with E-state index in [4.69, 9.17) is 4.74 Å². The number of hydrogen-bond acceptors (Lipinski definition) is 4. The highest BCUT2D eigenvalue weighted by molar-refractivity contribution is 5.52. The molecule has 1 aliphatic rings. The van der Waals surface area contributed by atoms with Gasteiger partial charge >= 0.3 is 6.36 Å². The Morgan fingerprint density at radius 2 is 1.56 bits per heavy atom. The third-order valence-electron chi connectivity index (χ3n) is 5.24. The monoisotopic (exact) mass is 443 g/mol. The van der Waals surface area contributed by atoms with Crippen LogP contribution in [0, 0.1) is 5.92 Å². The average molecular weight is 443 g/mol. The van der Waals surface area contributed by atoms with Crippen molar-refractivity contribution in [3.63, 3.8) is 0 Å². The predicted molar refractivity (Wildman–Crippen MR) is 116 cm³/mol. The van der Waals surface area contributed by atoms with Crippen LogP contribution in [0.1, 0.15) is 18.4 Å². The second-order valence-electron chi connectivity index (χ2n) is 7.89. The zero-order valence-electron chi connectivity index (χ0n) is 17.3. The van der Waals surface area contributed by atoms with Gasteiger partial charge in [0, 0.05) is 24.8 Å². The summed E-state index contributed by atoms with van der Waals surface area (Å²) < 4.78 is 47.8. The molecule has 4 rings (SSSR count). The average Bonchev–Trinajstić information content (AvgIpc) is 3.59. The molecule has 0 aliphatic heterocycles. The number of aliphatic hydroxyl groups excluding tert-OH is 1. The van der Waals surface area contributed by atoms with E-state index in [0.29, 0.717) is 30.2 Å². The Morgan fingerprint density at radius 3 is 2.28 bits per heavy atom. The van der Waals surface area contributed by atoms with E-state index >= 15 is 0 Å². The normalized spacial score (nSPS) is 14.6. The number of alkyl halides is 3. The third-order valence-corrected chi connectivity index (χ3v) is 5.24. The molecule has 0 amide bonds. The number of nitrogens with zero attached hydrogens (tertiary/aromatic N) is 1. The van der Waals surface area contributed by atoms with E-state index in [9.17, 15) is 18.3 Å². The van der Waals surface area contributed by atoms with E-state index in [1.807, 2.05) is 59.5 Å². The lowest BCUT2D eigenvalue weighted by atomic mass is 10.1. The molecule has 3 aromatic carbocycles. The highest BCUT2D eigenvalue weighted by Gasteiger charge is 2.32. The molecule has 1 aliphatic carbocycles. The van der Waals surface area contributed by atoms with Crippen LogP contribution >= 0.6 is 0 Å². The minimum absolute atomic E-state index is 0.265.